The molecule has 1 aromatic heterocycles. The minimum atomic E-state index is -1.69. The van der Waals surface area contributed by atoms with Crippen LogP contribution < -0.4 is 5.32 Å². The molecule has 2 aromatic rings. The van der Waals surface area contributed by atoms with Crippen LogP contribution in [0.25, 0.3) is 0 Å². The molecule has 166 valence electrons. The number of benzene rings is 1. The van der Waals surface area contributed by atoms with E-state index in [1.165, 1.54) is 0 Å². The summed E-state index contributed by atoms with van der Waals surface area (Å²) in [4.78, 5) is 13.2. The molecule has 0 bridgehead atoms. The second-order valence-corrected chi connectivity index (χ2v) is 9.29. The summed E-state index contributed by atoms with van der Waals surface area (Å²) in [7, 11) is 0. The quantitative estimate of drug-likeness (QED) is 0.461. The summed E-state index contributed by atoms with van der Waals surface area (Å²) in [6.45, 7) is 3.31. The third-order valence-corrected chi connectivity index (χ3v) is 6.04. The van der Waals surface area contributed by atoms with Crippen molar-refractivity contribution in [3.8, 4) is 0 Å². The Balaban J connectivity index is 1.87. The minimum absolute atomic E-state index is 0.0329. The van der Waals surface area contributed by atoms with Crippen LogP contribution in [0, 0.1) is 5.41 Å². The van der Waals surface area contributed by atoms with Gasteiger partial charge in [0.25, 0.3) is 0 Å². The number of anilines is 1. The van der Waals surface area contributed by atoms with Crippen LogP contribution in [-0.4, -0.2) is 59.8 Å². The van der Waals surface area contributed by atoms with Crippen molar-refractivity contribution in [2.24, 2.45) is 5.41 Å². The number of nitrogens with one attached hydrogen (secondary N) is 1. The molecule has 31 heavy (non-hydrogen) atoms. The lowest BCUT2D eigenvalue weighted by Gasteiger charge is -2.39. The van der Waals surface area contributed by atoms with E-state index < -0.39 is 31.0 Å². The van der Waals surface area contributed by atoms with Crippen molar-refractivity contribution in [2.45, 2.75) is 51.0 Å². The third kappa shape index (κ3) is 3.88. The van der Waals surface area contributed by atoms with Crippen molar-refractivity contribution in [1.82, 2.24) is 14.8 Å². The molecular weight excluding hydrogens is 424 g/mol. The summed E-state index contributed by atoms with van der Waals surface area (Å²) in [5, 5.41) is 51.7. The number of hydrogen-bond donors (Lipinski definition) is 5. The molecule has 4 atom stereocenters. The van der Waals surface area contributed by atoms with Gasteiger partial charge in [-0.1, -0.05) is 37.6 Å². The zero-order chi connectivity index (χ0) is 22.5. The number of halogens is 1. The Labute approximate surface area is 184 Å². The molecular formula is C21H25ClN4O5. The largest absolute Gasteiger partial charge is 0.394 e. The normalized spacial score (nSPS) is 22.9. The summed E-state index contributed by atoms with van der Waals surface area (Å²) in [6, 6.07) is 6.34. The number of Topliss-reactive ketones (excluding diaryl/α,β-unsaturated/α-hetero) is 1. The number of ketones is 1. The van der Waals surface area contributed by atoms with E-state index in [9.17, 15) is 20.1 Å². The number of carbonyl (C=O) groups is 1. The van der Waals surface area contributed by atoms with Gasteiger partial charge in [0.1, 0.15) is 18.3 Å². The molecule has 0 radical (unpaired) electrons. The average molecular weight is 449 g/mol. The highest BCUT2D eigenvalue weighted by Crippen LogP contribution is 2.46. The number of aromatic nitrogens is 3. The standard InChI is InChI=1S/C21H25ClN4O5/c1-21(2)7-12-15(13(28)8-21)16(10-3-5-11(22)6-4-10)26-19(24-25-20(26)23-12)18(31)17(30)14(29)9-27/h3-6,14,16-18,27,29-31H,7-9H2,1-2H3,(H,23,25)/t14-,16?,17-,18-/m1/s1. The number of fused-ring (bicyclic) bond motifs is 1. The van der Waals surface area contributed by atoms with Gasteiger partial charge in [-0.15, -0.1) is 10.2 Å². The van der Waals surface area contributed by atoms with Crippen molar-refractivity contribution in [1.29, 1.82) is 0 Å². The Hall–Kier alpha value is -2.30. The SMILES string of the molecule is CC1(C)CC(=O)C2=C(C1)Nc1nnc([C@H](O)[C@H](O)[C@H](O)CO)n1C2c1ccc(Cl)cc1. The molecule has 2 heterocycles. The van der Waals surface area contributed by atoms with Crippen molar-refractivity contribution in [2.75, 3.05) is 11.9 Å². The predicted octanol–water partition coefficient (Wildman–Crippen LogP) is 1.34. The Morgan fingerprint density at radius 1 is 1.19 bits per heavy atom. The van der Waals surface area contributed by atoms with Crippen LogP contribution in [0.2, 0.25) is 5.02 Å². The highest BCUT2D eigenvalue weighted by Gasteiger charge is 2.43. The van der Waals surface area contributed by atoms with Gasteiger partial charge < -0.3 is 25.7 Å². The molecule has 0 amide bonds. The fraction of sp³-hybridized carbons (Fsp3) is 0.476. The van der Waals surface area contributed by atoms with Crippen molar-refractivity contribution >= 4 is 23.3 Å². The lowest BCUT2D eigenvalue weighted by Crippen LogP contribution is -2.39. The number of carbonyl (C=O) groups excluding carboxylic acids is 1. The molecule has 0 spiro atoms. The second-order valence-electron chi connectivity index (χ2n) is 8.85. The molecule has 0 fully saturated rings. The third-order valence-electron chi connectivity index (χ3n) is 5.79. The van der Waals surface area contributed by atoms with Gasteiger partial charge in [0.05, 0.1) is 12.6 Å². The highest BCUT2D eigenvalue weighted by atomic mass is 35.5. The molecule has 0 saturated carbocycles. The van der Waals surface area contributed by atoms with Gasteiger partial charge in [-0.2, -0.15) is 0 Å². The van der Waals surface area contributed by atoms with Gasteiger partial charge in [-0.3, -0.25) is 9.36 Å². The molecule has 1 unspecified atom stereocenters. The van der Waals surface area contributed by atoms with Gasteiger partial charge >= 0.3 is 0 Å². The average Bonchev–Trinajstić information content (AvgIpc) is 3.13. The first-order valence-corrected chi connectivity index (χ1v) is 10.4. The molecule has 0 saturated heterocycles. The molecule has 9 nitrogen and oxygen atoms in total. The first kappa shape index (κ1) is 21.9. The monoisotopic (exact) mass is 448 g/mol. The van der Waals surface area contributed by atoms with E-state index in [4.69, 9.17) is 16.7 Å². The number of aliphatic hydroxyl groups is 4. The number of rotatable bonds is 5. The smallest absolute Gasteiger partial charge is 0.229 e. The maximum absolute atomic E-state index is 13.2. The molecule has 1 aliphatic heterocycles. The summed E-state index contributed by atoms with van der Waals surface area (Å²) in [5.74, 6) is 0.241. The van der Waals surface area contributed by atoms with Crippen LogP contribution in [-0.2, 0) is 4.79 Å². The summed E-state index contributed by atoms with van der Waals surface area (Å²) < 4.78 is 1.55. The van der Waals surface area contributed by atoms with Gasteiger partial charge in [-0.05, 0) is 29.5 Å². The fourth-order valence-corrected chi connectivity index (χ4v) is 4.43. The lowest BCUT2D eigenvalue weighted by atomic mass is 9.73. The maximum atomic E-state index is 13.2. The van der Waals surface area contributed by atoms with Crippen LogP contribution in [0.15, 0.2) is 35.5 Å². The Morgan fingerprint density at radius 2 is 1.87 bits per heavy atom. The van der Waals surface area contributed by atoms with Crippen molar-refractivity contribution in [3.05, 3.63) is 51.9 Å². The summed E-state index contributed by atoms with van der Waals surface area (Å²) >= 11 is 6.06. The summed E-state index contributed by atoms with van der Waals surface area (Å²) in [6.07, 6.45) is -3.91. The first-order valence-electron chi connectivity index (χ1n) is 10.0. The van der Waals surface area contributed by atoms with E-state index in [2.05, 4.69) is 15.5 Å². The predicted molar refractivity (Wildman–Crippen MR) is 112 cm³/mol. The molecule has 10 heteroatoms. The maximum Gasteiger partial charge on any atom is 0.229 e. The minimum Gasteiger partial charge on any atom is -0.394 e. The molecule has 1 aromatic carbocycles. The van der Waals surface area contributed by atoms with Gasteiger partial charge in [0.15, 0.2) is 11.6 Å². The number of allylic oxidation sites excluding steroid dienone is 2. The highest BCUT2D eigenvalue weighted by molar-refractivity contribution is 6.30. The fourth-order valence-electron chi connectivity index (χ4n) is 4.30. The van der Waals surface area contributed by atoms with Gasteiger partial charge in [-0.25, -0.2) is 0 Å². The molecule has 2 aliphatic rings. The zero-order valence-electron chi connectivity index (χ0n) is 17.2. The Kier molecular flexibility index (Phi) is 5.65. The van der Waals surface area contributed by atoms with Crippen molar-refractivity contribution < 1.29 is 25.2 Å². The topological polar surface area (TPSA) is 141 Å². The van der Waals surface area contributed by atoms with E-state index in [1.54, 1.807) is 28.8 Å². The van der Waals surface area contributed by atoms with Gasteiger partial charge in [0, 0.05) is 22.7 Å². The van der Waals surface area contributed by atoms with Crippen LogP contribution in [0.4, 0.5) is 5.95 Å². The molecule has 1 aliphatic carbocycles. The van der Waals surface area contributed by atoms with E-state index in [1.807, 2.05) is 13.8 Å². The van der Waals surface area contributed by atoms with Crippen LogP contribution in [0.5, 0.6) is 0 Å². The molecule has 5 N–H and O–H groups in total. The van der Waals surface area contributed by atoms with Crippen LogP contribution in [0.3, 0.4) is 0 Å². The molecule has 4 rings (SSSR count). The van der Waals surface area contributed by atoms with E-state index >= 15 is 0 Å². The lowest BCUT2D eigenvalue weighted by molar-refractivity contribution is -0.118. The number of hydrogen-bond acceptors (Lipinski definition) is 8. The van der Waals surface area contributed by atoms with Crippen LogP contribution in [0.1, 0.15) is 50.2 Å². The summed E-state index contributed by atoms with van der Waals surface area (Å²) in [5.41, 5.74) is 1.80. The van der Waals surface area contributed by atoms with Crippen LogP contribution >= 0.6 is 11.6 Å². The zero-order valence-corrected chi connectivity index (χ0v) is 17.9. The number of nitrogens with zero attached hydrogens (tertiary/aromatic N) is 3. The van der Waals surface area contributed by atoms with Crippen molar-refractivity contribution in [3.63, 3.8) is 0 Å². The van der Waals surface area contributed by atoms with E-state index in [-0.39, 0.29) is 17.0 Å². The van der Waals surface area contributed by atoms with E-state index in [0.717, 1.165) is 11.3 Å². The Morgan fingerprint density at radius 3 is 2.52 bits per heavy atom. The first-order chi connectivity index (χ1) is 14.6. The number of aliphatic hydroxyl groups excluding tert-OH is 4. The van der Waals surface area contributed by atoms with E-state index in [0.29, 0.717) is 29.4 Å². The second kappa shape index (κ2) is 7.99. The Bertz CT molecular complexity index is 1030. The van der Waals surface area contributed by atoms with Gasteiger partial charge in [0.2, 0.25) is 5.95 Å².